The van der Waals surface area contributed by atoms with Gasteiger partial charge in [0.2, 0.25) is 0 Å². The summed E-state index contributed by atoms with van der Waals surface area (Å²) in [5, 5.41) is 17.4. The highest BCUT2D eigenvalue weighted by Crippen LogP contribution is 2.32. The summed E-state index contributed by atoms with van der Waals surface area (Å²) in [6.45, 7) is 4.95. The Hall–Kier alpha value is -2.55. The first-order chi connectivity index (χ1) is 13.4. The van der Waals surface area contributed by atoms with Gasteiger partial charge in [-0.1, -0.05) is 5.21 Å². The first kappa shape index (κ1) is 20.2. The molecule has 1 fully saturated rings. The predicted molar refractivity (Wildman–Crippen MR) is 101 cm³/mol. The molecule has 2 aromatic rings. The predicted octanol–water partition coefficient (Wildman–Crippen LogP) is 1.99. The fraction of sp³-hybridized carbons (Fsp3) is 0.579. The molecule has 0 saturated carbocycles. The van der Waals surface area contributed by atoms with Crippen LogP contribution in [0.1, 0.15) is 37.6 Å². The van der Waals surface area contributed by atoms with Gasteiger partial charge < -0.3 is 14.7 Å². The number of esters is 1. The number of rotatable bonds is 6. The number of carbonyl (C=O) groups is 1. The monoisotopic (exact) mass is 391 g/mol. The van der Waals surface area contributed by atoms with Gasteiger partial charge in [-0.05, 0) is 32.6 Å². The fourth-order valence-electron chi connectivity index (χ4n) is 3.77. The summed E-state index contributed by atoms with van der Waals surface area (Å²) in [6.07, 6.45) is 2.14. The highest BCUT2D eigenvalue weighted by molar-refractivity contribution is 5.70. The van der Waals surface area contributed by atoms with Crippen molar-refractivity contribution in [1.29, 1.82) is 0 Å². The zero-order valence-electron chi connectivity index (χ0n) is 16.5. The highest BCUT2D eigenvalue weighted by Gasteiger charge is 2.27. The standard InChI is InChI=1S/C19H26FN5O3/c1-4-28-17(27)8-13-6-5-7-25(10-13)19-12(2)21-15(9-14(19)20)18-16(11-26)24(3)23-22-18/h9,13,26H,4-8,10-11H2,1-3H3. The van der Waals surface area contributed by atoms with Crippen molar-refractivity contribution in [2.75, 3.05) is 24.6 Å². The van der Waals surface area contributed by atoms with Crippen LogP contribution in [0, 0.1) is 18.7 Å². The average Bonchev–Trinajstić information content (AvgIpc) is 3.02. The van der Waals surface area contributed by atoms with Crippen molar-refractivity contribution in [3.63, 3.8) is 0 Å². The molecule has 8 nitrogen and oxygen atoms in total. The Labute approximate surface area is 163 Å². The molecule has 0 aromatic carbocycles. The minimum absolute atomic E-state index is 0.132. The van der Waals surface area contributed by atoms with Crippen molar-refractivity contribution in [2.45, 2.75) is 39.7 Å². The molecule has 2 aromatic heterocycles. The number of ether oxygens (including phenoxy) is 1. The molecule has 9 heteroatoms. The molecule has 1 aliphatic heterocycles. The molecule has 3 heterocycles. The molecule has 3 rings (SSSR count). The summed E-state index contributed by atoms with van der Waals surface area (Å²) in [6, 6.07) is 1.33. The van der Waals surface area contributed by atoms with Crippen molar-refractivity contribution >= 4 is 11.7 Å². The van der Waals surface area contributed by atoms with Crippen molar-refractivity contribution in [1.82, 2.24) is 20.0 Å². The van der Waals surface area contributed by atoms with Crippen LogP contribution < -0.4 is 4.90 Å². The number of aryl methyl sites for hydroxylation is 2. The van der Waals surface area contributed by atoms with Gasteiger partial charge in [0.15, 0.2) is 5.82 Å². The van der Waals surface area contributed by atoms with Gasteiger partial charge in [-0.3, -0.25) is 4.79 Å². The van der Waals surface area contributed by atoms with Crippen LogP contribution in [0.5, 0.6) is 0 Å². The van der Waals surface area contributed by atoms with E-state index in [9.17, 15) is 9.90 Å². The van der Waals surface area contributed by atoms with Crippen LogP contribution >= 0.6 is 0 Å². The number of pyridine rings is 1. The Morgan fingerprint density at radius 1 is 1.46 bits per heavy atom. The third-order valence-electron chi connectivity index (χ3n) is 5.05. The summed E-state index contributed by atoms with van der Waals surface area (Å²) < 4.78 is 21.5. The molecular formula is C19H26FN5O3. The lowest BCUT2D eigenvalue weighted by molar-refractivity contribution is -0.144. The molecule has 0 bridgehead atoms. The van der Waals surface area contributed by atoms with Crippen LogP contribution in [-0.4, -0.2) is 50.8 Å². The molecule has 28 heavy (non-hydrogen) atoms. The van der Waals surface area contributed by atoms with Gasteiger partial charge in [0.05, 0.1) is 42.4 Å². The first-order valence-corrected chi connectivity index (χ1v) is 9.52. The highest BCUT2D eigenvalue weighted by atomic mass is 19.1. The molecule has 1 saturated heterocycles. The smallest absolute Gasteiger partial charge is 0.306 e. The maximum atomic E-state index is 15.0. The van der Waals surface area contributed by atoms with Gasteiger partial charge in [0.25, 0.3) is 0 Å². The number of nitrogens with zero attached hydrogens (tertiary/aromatic N) is 5. The minimum atomic E-state index is -0.395. The number of carbonyl (C=O) groups excluding carboxylic acids is 1. The van der Waals surface area contributed by atoms with Gasteiger partial charge in [-0.15, -0.1) is 5.10 Å². The van der Waals surface area contributed by atoms with Gasteiger partial charge in [-0.25, -0.2) is 14.1 Å². The Balaban J connectivity index is 1.83. The Bertz CT molecular complexity index is 831. The number of anilines is 1. The van der Waals surface area contributed by atoms with E-state index in [2.05, 4.69) is 15.3 Å². The lowest BCUT2D eigenvalue weighted by Gasteiger charge is -2.35. The summed E-state index contributed by atoms with van der Waals surface area (Å²) in [7, 11) is 1.66. The lowest BCUT2D eigenvalue weighted by atomic mass is 9.94. The number of halogens is 1. The number of aliphatic hydroxyl groups is 1. The number of hydrogen-bond donors (Lipinski definition) is 1. The van der Waals surface area contributed by atoms with Crippen LogP contribution in [0.4, 0.5) is 10.1 Å². The van der Waals surface area contributed by atoms with Crippen molar-refractivity contribution in [3.05, 3.63) is 23.3 Å². The number of aliphatic hydroxyl groups excluding tert-OH is 1. The first-order valence-electron chi connectivity index (χ1n) is 9.52. The van der Waals surface area contributed by atoms with Crippen molar-refractivity contribution in [3.8, 4) is 11.4 Å². The third-order valence-corrected chi connectivity index (χ3v) is 5.05. The van der Waals surface area contributed by atoms with Crippen molar-refractivity contribution in [2.24, 2.45) is 13.0 Å². The molecule has 1 unspecified atom stereocenters. The number of piperidine rings is 1. The van der Waals surface area contributed by atoms with Gasteiger partial charge in [-0.2, -0.15) is 0 Å². The van der Waals surface area contributed by atoms with Crippen molar-refractivity contribution < 1.29 is 19.0 Å². The zero-order valence-corrected chi connectivity index (χ0v) is 16.5. The largest absolute Gasteiger partial charge is 0.466 e. The van der Waals surface area contributed by atoms with E-state index in [0.29, 0.717) is 54.6 Å². The summed E-state index contributed by atoms with van der Waals surface area (Å²) in [4.78, 5) is 18.3. The summed E-state index contributed by atoms with van der Waals surface area (Å²) in [5.41, 5.74) is 2.19. The quantitative estimate of drug-likeness (QED) is 0.753. The Morgan fingerprint density at radius 3 is 2.93 bits per heavy atom. The van der Waals surface area contributed by atoms with Gasteiger partial charge >= 0.3 is 5.97 Å². The third kappa shape index (κ3) is 4.14. The topological polar surface area (TPSA) is 93.4 Å². The van der Waals surface area contributed by atoms with E-state index in [0.717, 1.165) is 12.8 Å². The number of hydrogen-bond acceptors (Lipinski definition) is 7. The van der Waals surface area contributed by atoms with E-state index >= 15 is 4.39 Å². The molecule has 0 aliphatic carbocycles. The molecule has 0 amide bonds. The van der Waals surface area contributed by atoms with E-state index in [1.165, 1.54) is 10.7 Å². The Kier molecular flexibility index (Phi) is 6.23. The Morgan fingerprint density at radius 2 is 2.25 bits per heavy atom. The molecule has 1 atom stereocenters. The van der Waals surface area contributed by atoms with E-state index in [-0.39, 0.29) is 18.5 Å². The van der Waals surface area contributed by atoms with E-state index in [1.807, 2.05) is 4.90 Å². The fourth-order valence-corrected chi connectivity index (χ4v) is 3.77. The van der Waals surface area contributed by atoms with E-state index in [4.69, 9.17) is 4.74 Å². The summed E-state index contributed by atoms with van der Waals surface area (Å²) in [5.74, 6) is -0.472. The van der Waals surface area contributed by atoms with Crippen LogP contribution in [0.2, 0.25) is 0 Å². The second-order valence-electron chi connectivity index (χ2n) is 7.05. The molecule has 1 aliphatic rings. The maximum absolute atomic E-state index is 15.0. The minimum Gasteiger partial charge on any atom is -0.466 e. The molecule has 152 valence electrons. The normalized spacial score (nSPS) is 17.0. The molecular weight excluding hydrogens is 365 g/mol. The molecule has 0 radical (unpaired) electrons. The average molecular weight is 391 g/mol. The number of aromatic nitrogens is 4. The SMILES string of the molecule is CCOC(=O)CC1CCCN(c2c(F)cc(-c3nnn(C)c3CO)nc2C)C1. The maximum Gasteiger partial charge on any atom is 0.306 e. The molecule has 0 spiro atoms. The van der Waals surface area contributed by atoms with E-state index in [1.54, 1.807) is 20.9 Å². The van der Waals surface area contributed by atoms with Crippen LogP contribution in [0.15, 0.2) is 6.07 Å². The van der Waals surface area contributed by atoms with E-state index < -0.39 is 5.82 Å². The van der Waals surface area contributed by atoms with Crippen LogP contribution in [-0.2, 0) is 23.2 Å². The van der Waals surface area contributed by atoms with Crippen LogP contribution in [0.3, 0.4) is 0 Å². The zero-order chi connectivity index (χ0) is 20.3. The second kappa shape index (κ2) is 8.64. The lowest BCUT2D eigenvalue weighted by Crippen LogP contribution is -2.37. The van der Waals surface area contributed by atoms with Gasteiger partial charge in [0, 0.05) is 26.2 Å². The summed E-state index contributed by atoms with van der Waals surface area (Å²) >= 11 is 0. The second-order valence-corrected chi connectivity index (χ2v) is 7.05. The molecule has 1 N–H and O–H groups in total. The van der Waals surface area contributed by atoms with Crippen LogP contribution in [0.25, 0.3) is 11.4 Å². The van der Waals surface area contributed by atoms with Gasteiger partial charge in [0.1, 0.15) is 5.69 Å².